The first-order chi connectivity index (χ1) is 6.95. The monoisotopic (exact) mass is 207 g/mol. The number of hydrogen-bond donors (Lipinski definition) is 2. The maximum atomic E-state index is 11.8. The Morgan fingerprint density at radius 2 is 2.13 bits per heavy atom. The number of benzene rings is 1. The lowest BCUT2D eigenvalue weighted by Crippen LogP contribution is -2.29. The van der Waals surface area contributed by atoms with Gasteiger partial charge in [-0.1, -0.05) is 26.8 Å². The smallest absolute Gasteiger partial charge is 0.230 e. The zero-order valence-corrected chi connectivity index (χ0v) is 9.37. The molecule has 2 N–H and O–H groups in total. The second-order valence-electron chi connectivity index (χ2n) is 4.24. The molecule has 0 saturated heterocycles. The van der Waals surface area contributed by atoms with Crippen molar-refractivity contribution in [2.45, 2.75) is 27.2 Å². The molecule has 0 saturated carbocycles. The highest BCUT2D eigenvalue weighted by Gasteiger charge is 2.25. The van der Waals surface area contributed by atoms with Crippen LogP contribution in [0.5, 0.6) is 5.75 Å². The second kappa shape index (κ2) is 4.34. The Balaban J connectivity index is 2.75. The van der Waals surface area contributed by atoms with E-state index in [9.17, 15) is 9.90 Å². The zero-order valence-electron chi connectivity index (χ0n) is 9.37. The van der Waals surface area contributed by atoms with Crippen LogP contribution in [0.3, 0.4) is 0 Å². The maximum Gasteiger partial charge on any atom is 0.230 e. The van der Waals surface area contributed by atoms with Crippen molar-refractivity contribution in [3.05, 3.63) is 24.3 Å². The largest absolute Gasteiger partial charge is 0.508 e. The molecule has 1 amide bonds. The third-order valence-electron chi connectivity index (χ3n) is 2.60. The van der Waals surface area contributed by atoms with Crippen molar-refractivity contribution in [2.24, 2.45) is 5.41 Å². The summed E-state index contributed by atoms with van der Waals surface area (Å²) in [6.45, 7) is 5.76. The number of phenols is 1. The molecular weight excluding hydrogens is 190 g/mol. The minimum atomic E-state index is -0.383. The van der Waals surface area contributed by atoms with Crippen LogP contribution < -0.4 is 5.32 Å². The molecule has 0 atom stereocenters. The summed E-state index contributed by atoms with van der Waals surface area (Å²) in [5, 5.41) is 12.0. The Morgan fingerprint density at radius 1 is 1.47 bits per heavy atom. The molecular formula is C12H17NO2. The molecule has 0 aliphatic carbocycles. The summed E-state index contributed by atoms with van der Waals surface area (Å²) in [5.41, 5.74) is 0.243. The predicted octanol–water partition coefficient (Wildman–Crippen LogP) is 2.77. The summed E-state index contributed by atoms with van der Waals surface area (Å²) in [4.78, 5) is 11.8. The first-order valence-electron chi connectivity index (χ1n) is 5.06. The summed E-state index contributed by atoms with van der Waals surface area (Å²) in [7, 11) is 0. The molecule has 15 heavy (non-hydrogen) atoms. The Hall–Kier alpha value is -1.51. The van der Waals surface area contributed by atoms with Gasteiger partial charge in [0.1, 0.15) is 5.75 Å². The van der Waals surface area contributed by atoms with Crippen LogP contribution in [0.4, 0.5) is 5.69 Å². The highest BCUT2D eigenvalue weighted by Crippen LogP contribution is 2.23. The number of carbonyl (C=O) groups excluding carboxylic acids is 1. The van der Waals surface area contributed by atoms with Gasteiger partial charge in [-0.2, -0.15) is 0 Å². The van der Waals surface area contributed by atoms with Crippen LogP contribution >= 0.6 is 0 Å². The topological polar surface area (TPSA) is 49.3 Å². The van der Waals surface area contributed by atoms with E-state index in [2.05, 4.69) is 5.32 Å². The van der Waals surface area contributed by atoms with Gasteiger partial charge >= 0.3 is 0 Å². The second-order valence-corrected chi connectivity index (χ2v) is 4.24. The lowest BCUT2D eigenvalue weighted by molar-refractivity contribution is -0.124. The Kier molecular flexibility index (Phi) is 3.35. The number of amides is 1. The van der Waals surface area contributed by atoms with Crippen molar-refractivity contribution in [1.29, 1.82) is 0 Å². The zero-order chi connectivity index (χ0) is 11.5. The van der Waals surface area contributed by atoms with E-state index >= 15 is 0 Å². The molecule has 0 aliphatic rings. The molecule has 82 valence electrons. The molecule has 0 fully saturated rings. The first-order valence-corrected chi connectivity index (χ1v) is 5.06. The summed E-state index contributed by atoms with van der Waals surface area (Å²) < 4.78 is 0. The predicted molar refractivity (Wildman–Crippen MR) is 60.8 cm³/mol. The van der Waals surface area contributed by atoms with Crippen molar-refractivity contribution in [1.82, 2.24) is 0 Å². The summed E-state index contributed by atoms with van der Waals surface area (Å²) >= 11 is 0. The average Bonchev–Trinajstić information content (AvgIpc) is 2.17. The molecule has 1 rings (SSSR count). The molecule has 3 nitrogen and oxygen atoms in total. The van der Waals surface area contributed by atoms with Crippen LogP contribution in [0.1, 0.15) is 27.2 Å². The SMILES string of the molecule is CCC(C)(C)C(=O)Nc1cccc(O)c1. The van der Waals surface area contributed by atoms with E-state index < -0.39 is 0 Å². The van der Waals surface area contributed by atoms with Gasteiger partial charge < -0.3 is 10.4 Å². The van der Waals surface area contributed by atoms with Gasteiger partial charge in [0.25, 0.3) is 0 Å². The number of anilines is 1. The Labute approximate surface area is 90.1 Å². The number of phenolic OH excluding ortho intramolecular Hbond substituents is 1. The molecule has 0 aliphatic heterocycles. The molecule has 1 aromatic rings. The molecule has 0 spiro atoms. The van der Waals surface area contributed by atoms with Crippen molar-refractivity contribution in [3.63, 3.8) is 0 Å². The molecule has 0 bridgehead atoms. The van der Waals surface area contributed by atoms with E-state index in [1.807, 2.05) is 20.8 Å². The minimum Gasteiger partial charge on any atom is -0.508 e. The van der Waals surface area contributed by atoms with E-state index in [1.54, 1.807) is 18.2 Å². The van der Waals surface area contributed by atoms with Gasteiger partial charge in [-0.15, -0.1) is 0 Å². The summed E-state index contributed by atoms with van der Waals surface area (Å²) in [5.74, 6) is 0.123. The minimum absolute atomic E-state index is 0.0319. The Bertz CT molecular complexity index is 358. The highest BCUT2D eigenvalue weighted by molar-refractivity contribution is 5.94. The number of rotatable bonds is 3. The fraction of sp³-hybridized carbons (Fsp3) is 0.417. The molecule has 1 aromatic carbocycles. The van der Waals surface area contributed by atoms with Gasteiger partial charge in [0.2, 0.25) is 5.91 Å². The lowest BCUT2D eigenvalue weighted by atomic mass is 9.89. The Morgan fingerprint density at radius 3 is 2.67 bits per heavy atom. The van der Waals surface area contributed by atoms with E-state index in [4.69, 9.17) is 0 Å². The molecule has 0 unspecified atom stereocenters. The molecule has 0 radical (unpaired) electrons. The number of aromatic hydroxyl groups is 1. The van der Waals surface area contributed by atoms with Gasteiger partial charge in [-0.05, 0) is 18.6 Å². The van der Waals surface area contributed by atoms with Crippen LogP contribution in [0.15, 0.2) is 24.3 Å². The van der Waals surface area contributed by atoms with Gasteiger partial charge in [-0.25, -0.2) is 0 Å². The fourth-order valence-electron chi connectivity index (χ4n) is 1.04. The molecule has 0 aromatic heterocycles. The molecule has 0 heterocycles. The maximum absolute atomic E-state index is 11.8. The number of hydrogen-bond acceptors (Lipinski definition) is 2. The van der Waals surface area contributed by atoms with E-state index in [0.717, 1.165) is 6.42 Å². The van der Waals surface area contributed by atoms with Crippen LogP contribution in [-0.2, 0) is 4.79 Å². The van der Waals surface area contributed by atoms with Crippen LogP contribution in [0.2, 0.25) is 0 Å². The third kappa shape index (κ3) is 2.98. The number of carbonyl (C=O) groups is 1. The average molecular weight is 207 g/mol. The molecule has 3 heteroatoms. The van der Waals surface area contributed by atoms with Gasteiger partial charge in [-0.3, -0.25) is 4.79 Å². The normalized spacial score (nSPS) is 11.1. The van der Waals surface area contributed by atoms with Crippen LogP contribution in [-0.4, -0.2) is 11.0 Å². The third-order valence-corrected chi connectivity index (χ3v) is 2.60. The van der Waals surface area contributed by atoms with E-state index in [-0.39, 0.29) is 17.1 Å². The highest BCUT2D eigenvalue weighted by atomic mass is 16.3. The fourth-order valence-corrected chi connectivity index (χ4v) is 1.04. The van der Waals surface area contributed by atoms with Gasteiger partial charge in [0.05, 0.1) is 0 Å². The summed E-state index contributed by atoms with van der Waals surface area (Å²) in [6, 6.07) is 6.55. The van der Waals surface area contributed by atoms with Gasteiger partial charge in [0, 0.05) is 17.2 Å². The van der Waals surface area contributed by atoms with Crippen molar-refractivity contribution in [3.8, 4) is 5.75 Å². The lowest BCUT2D eigenvalue weighted by Gasteiger charge is -2.21. The van der Waals surface area contributed by atoms with Crippen molar-refractivity contribution >= 4 is 11.6 Å². The van der Waals surface area contributed by atoms with Gasteiger partial charge in [0.15, 0.2) is 0 Å². The quantitative estimate of drug-likeness (QED) is 0.800. The first kappa shape index (κ1) is 11.6. The van der Waals surface area contributed by atoms with Crippen molar-refractivity contribution < 1.29 is 9.90 Å². The van der Waals surface area contributed by atoms with E-state index in [0.29, 0.717) is 5.69 Å². The van der Waals surface area contributed by atoms with Crippen LogP contribution in [0, 0.1) is 5.41 Å². The number of nitrogens with one attached hydrogen (secondary N) is 1. The van der Waals surface area contributed by atoms with Crippen molar-refractivity contribution in [2.75, 3.05) is 5.32 Å². The standard InChI is InChI=1S/C12H17NO2/c1-4-12(2,3)11(15)13-9-6-5-7-10(14)8-9/h5-8,14H,4H2,1-3H3,(H,13,15). The van der Waals surface area contributed by atoms with E-state index in [1.165, 1.54) is 6.07 Å². The summed E-state index contributed by atoms with van der Waals surface area (Å²) in [6.07, 6.45) is 0.775. The van der Waals surface area contributed by atoms with Crippen LogP contribution in [0.25, 0.3) is 0 Å².